The zero-order valence-corrected chi connectivity index (χ0v) is 8.89. The molecule has 0 spiro atoms. The Hall–Kier alpha value is -0.860. The molecule has 1 unspecified atom stereocenters. The van der Waals surface area contributed by atoms with E-state index in [2.05, 4.69) is 0 Å². The Morgan fingerprint density at radius 2 is 2.11 bits per heavy atom. The molecule has 1 saturated carbocycles. The molecule has 0 heterocycles. The molecule has 0 bridgehead atoms. The average Bonchev–Trinajstić information content (AvgIpc) is 2.76. The highest BCUT2D eigenvalue weighted by Gasteiger charge is 2.38. The molecule has 0 aliphatic heterocycles. The van der Waals surface area contributed by atoms with Gasteiger partial charge in [0.05, 0.1) is 12.5 Å². The lowest BCUT2D eigenvalue weighted by Gasteiger charge is -2.40. The molecule has 0 amide bonds. The first-order chi connectivity index (χ1) is 18.0. The lowest BCUT2D eigenvalue weighted by atomic mass is 9.72. The van der Waals surface area contributed by atoms with E-state index in [-0.39, 0.29) is 0 Å². The van der Waals surface area contributed by atoms with Crippen LogP contribution in [0.4, 0.5) is 0 Å². The predicted molar refractivity (Wildman–Crippen MR) is 75.8 cm³/mol. The van der Waals surface area contributed by atoms with E-state index < -0.39 is 104 Å². The molecule has 1 aromatic carbocycles. The molecule has 0 radical (unpaired) electrons. The maximum absolute atomic E-state index is 12.1. The van der Waals surface area contributed by atoms with Crippen molar-refractivity contribution in [3.63, 3.8) is 0 Å². The second kappa shape index (κ2) is 5.85. The summed E-state index contributed by atoms with van der Waals surface area (Å²) in [5.74, 6) is -4.92. The van der Waals surface area contributed by atoms with Crippen LogP contribution in [0.15, 0.2) is 30.2 Å². The summed E-state index contributed by atoms with van der Waals surface area (Å²) < 4.78 is 195. The lowest BCUT2D eigenvalue weighted by molar-refractivity contribution is -0.0277. The van der Waals surface area contributed by atoms with Gasteiger partial charge in [0.25, 0.3) is 0 Å². The van der Waals surface area contributed by atoms with Gasteiger partial charge in [-0.1, -0.05) is 49.3 Å². The van der Waals surface area contributed by atoms with Crippen molar-refractivity contribution in [3.8, 4) is 0 Å². The summed E-state index contributed by atoms with van der Waals surface area (Å²) in [6.45, 7) is -13.3. The maximum atomic E-state index is 12.1. The van der Waals surface area contributed by atoms with Crippen molar-refractivity contribution in [2.24, 2.45) is 0 Å². The summed E-state index contributed by atoms with van der Waals surface area (Å²) in [5, 5.41) is 12.1. The monoisotopic (exact) mass is 271 g/mol. The smallest absolute Gasteiger partial charge is 0.0728 e. The predicted octanol–water partition coefficient (Wildman–Crippen LogP) is 3.03. The van der Waals surface area contributed by atoms with Crippen molar-refractivity contribution < 1.29 is 38.0 Å². The first-order valence-corrected chi connectivity index (χ1v) is 4.64. The minimum absolute atomic E-state index is 1.14. The van der Waals surface area contributed by atoms with Gasteiger partial charge in [0.2, 0.25) is 0 Å². The summed E-state index contributed by atoms with van der Waals surface area (Å²) in [5.41, 5.74) is -7.10. The fraction of sp³-hybridized carbons (Fsp3) is 0.625. The molecule has 0 aromatic heterocycles. The van der Waals surface area contributed by atoms with E-state index in [1.807, 2.05) is 0 Å². The molecular weight excluding hydrogens is 222 g/mol. The lowest BCUT2D eigenvalue weighted by Crippen LogP contribution is -2.42. The van der Waals surface area contributed by atoms with Crippen molar-refractivity contribution in [2.45, 2.75) is 43.4 Å². The third-order valence-corrected chi connectivity index (χ3v) is 1.95. The number of hydrogen-bond acceptors (Lipinski definition) is 2. The van der Waals surface area contributed by atoms with Crippen LogP contribution in [0.25, 0.3) is 0 Å². The van der Waals surface area contributed by atoms with Gasteiger partial charge in [-0.2, -0.15) is 0 Å². The summed E-state index contributed by atoms with van der Waals surface area (Å²) in [6.07, 6.45) is -22.7. The Morgan fingerprint density at radius 1 is 1.44 bits per heavy atom. The Labute approximate surface area is 144 Å². The highest BCUT2D eigenvalue weighted by atomic mass is 16.3. The average molecular weight is 272 g/mol. The van der Waals surface area contributed by atoms with E-state index in [0.29, 0.717) is 0 Å². The molecule has 1 fully saturated rings. The van der Waals surface area contributed by atoms with Gasteiger partial charge in [-0.05, 0) is 32.3 Å². The number of rotatable bonds is 4. The fourth-order valence-corrected chi connectivity index (χ4v) is 1.24. The summed E-state index contributed by atoms with van der Waals surface area (Å²) in [6, 6.07) is -7.58. The second-order valence-corrected chi connectivity index (χ2v) is 3.16. The molecule has 1 N–H and O–H groups in total. The summed E-state index contributed by atoms with van der Waals surface area (Å²) >= 11 is 0. The Bertz CT molecular complexity index is 1190. The van der Waals surface area contributed by atoms with Crippen LogP contribution in [-0.4, -0.2) is 36.1 Å². The van der Waals surface area contributed by atoms with Gasteiger partial charge in [0.1, 0.15) is 0 Å². The third-order valence-electron chi connectivity index (χ3n) is 1.95. The van der Waals surface area contributed by atoms with Crippen LogP contribution in [0.5, 0.6) is 0 Å². The summed E-state index contributed by atoms with van der Waals surface area (Å²) in [4.78, 5) is -1.14. The molecule has 2 rings (SSSR count). The largest absolute Gasteiger partial charge is 0.389 e. The molecule has 2 heteroatoms. The van der Waals surface area contributed by atoms with Gasteiger partial charge in [-0.15, -0.1) is 0 Å². The van der Waals surface area contributed by atoms with Gasteiger partial charge in [0.15, 0.2) is 0 Å². The number of benzene rings is 1. The first-order valence-electron chi connectivity index (χ1n) is 16.6. The summed E-state index contributed by atoms with van der Waals surface area (Å²) in [7, 11) is 0. The van der Waals surface area contributed by atoms with Crippen molar-refractivity contribution in [3.05, 3.63) is 35.8 Å². The topological polar surface area (TPSA) is 23.5 Å². The van der Waals surface area contributed by atoms with Crippen LogP contribution in [0, 0.1) is 0 Å². The SMILES string of the molecule is [2H]c1c([2H])c([2H])c(C([2H])(C([2H])([2H])N(C([2H])([2H])[2H])C([2H])([2H])[2H])C2(O)C([2H])([2H])C([2H])([2H])C([2H])([2H])C([2H])([2H])C2([2H])[2H])c([2H])c1[2H]. The second-order valence-electron chi connectivity index (χ2n) is 3.16. The first kappa shape index (κ1) is 2.51. The van der Waals surface area contributed by atoms with E-state index >= 15 is 0 Å². The zero-order valence-electron chi connectivity index (χ0n) is 32.9. The minimum atomic E-state index is -5.13. The van der Waals surface area contributed by atoms with E-state index in [0.717, 1.165) is 0 Å². The van der Waals surface area contributed by atoms with E-state index in [9.17, 15) is 6.48 Å². The van der Waals surface area contributed by atoms with Crippen molar-refractivity contribution >= 4 is 0 Å². The highest BCUT2D eigenvalue weighted by molar-refractivity contribution is 5.24. The van der Waals surface area contributed by atoms with Gasteiger partial charge in [-0.3, -0.25) is 0 Å². The number of hydrogen-bond donors (Lipinski definition) is 1. The standard InChI is InChI=1S/C16H25NO/c1-17(2)13-15(14-9-5-3-6-10-14)16(18)11-7-4-8-12-16/h3,5-6,9-10,15,18H,4,7-8,11-13H2,1-2H3/i1D3,2D3,3D,4D2,5D,6D,7D2,8D2,9D,10D,11D2,12D2,13D2,15D. The Kier molecular flexibility index (Phi) is 0.818. The number of aliphatic hydroxyl groups is 1. The fourth-order valence-electron chi connectivity index (χ4n) is 1.24. The van der Waals surface area contributed by atoms with E-state index in [4.69, 9.17) is 31.5 Å². The van der Waals surface area contributed by atoms with E-state index in [1.54, 1.807) is 0 Å². The Morgan fingerprint density at radius 3 is 2.72 bits per heavy atom. The third kappa shape index (κ3) is 3.12. The molecule has 100 valence electrons. The van der Waals surface area contributed by atoms with E-state index in [1.165, 1.54) is 0 Å². The maximum Gasteiger partial charge on any atom is 0.0728 e. The van der Waals surface area contributed by atoms with Crippen LogP contribution < -0.4 is 0 Å². The minimum Gasteiger partial charge on any atom is -0.389 e. The number of likely N-dealkylation sites (N-methyl/N-ethyl adjacent to an activating group) is 1. The molecule has 1 aliphatic carbocycles. The van der Waals surface area contributed by atoms with Gasteiger partial charge < -0.3 is 10.0 Å². The van der Waals surface area contributed by atoms with Gasteiger partial charge in [0, 0.05) is 38.4 Å². The van der Waals surface area contributed by atoms with Crippen LogP contribution >= 0.6 is 0 Å². The quantitative estimate of drug-likeness (QED) is 0.910. The molecule has 1 atom stereocenters. The zero-order chi connectivity index (χ0) is 34.0. The molecule has 18 heavy (non-hydrogen) atoms. The van der Waals surface area contributed by atoms with Crippen LogP contribution in [-0.2, 0) is 0 Å². The van der Waals surface area contributed by atoms with Crippen molar-refractivity contribution in [1.82, 2.24) is 4.90 Å². The van der Waals surface area contributed by atoms with Crippen LogP contribution in [0.2, 0.25) is 0 Å². The molecule has 1 aromatic rings. The molecule has 1 aliphatic rings. The van der Waals surface area contributed by atoms with Crippen LogP contribution in [0.1, 0.15) is 76.2 Å². The van der Waals surface area contributed by atoms with Crippen molar-refractivity contribution in [2.75, 3.05) is 20.4 Å². The number of nitrogens with zero attached hydrogens (tertiary/aromatic N) is 1. The molecule has 0 saturated heterocycles. The van der Waals surface area contributed by atoms with Crippen molar-refractivity contribution in [1.29, 1.82) is 0 Å². The highest BCUT2D eigenvalue weighted by Crippen LogP contribution is 2.40. The molecule has 2 nitrogen and oxygen atoms in total. The van der Waals surface area contributed by atoms with Gasteiger partial charge >= 0.3 is 0 Å². The normalized spacial score (nSPS) is 58.3. The Balaban J connectivity index is 3.53. The van der Waals surface area contributed by atoms with Crippen LogP contribution in [0.3, 0.4) is 0 Å². The van der Waals surface area contributed by atoms with Gasteiger partial charge in [-0.25, -0.2) is 0 Å². The molecular formula is C16H25NO.